The number of ether oxygens (including phenoxy) is 2. The molecule has 3 rings (SSSR count). The molecule has 132 valence electrons. The molecule has 1 aromatic rings. The van der Waals surface area contributed by atoms with Gasteiger partial charge < -0.3 is 9.47 Å². The molecule has 6 nitrogen and oxygen atoms in total. The Hall–Kier alpha value is -3.28. The summed E-state index contributed by atoms with van der Waals surface area (Å²) in [6.07, 6.45) is 0. The molecule has 0 amide bonds. The molecule has 1 aliphatic carbocycles. The maximum Gasteiger partial charge on any atom is 0.342 e. The van der Waals surface area contributed by atoms with Gasteiger partial charge >= 0.3 is 11.9 Å². The number of aromatic nitrogens is 1. The van der Waals surface area contributed by atoms with Gasteiger partial charge in [0.2, 0.25) is 5.43 Å². The van der Waals surface area contributed by atoms with Crippen molar-refractivity contribution in [1.29, 1.82) is 0 Å². The number of hydrogen-bond donors (Lipinski definition) is 0. The second-order valence-corrected chi connectivity index (χ2v) is 5.51. The van der Waals surface area contributed by atoms with Gasteiger partial charge in [0, 0.05) is 10.9 Å². The lowest BCUT2D eigenvalue weighted by atomic mass is 10.1. The summed E-state index contributed by atoms with van der Waals surface area (Å²) in [7, 11) is 0. The van der Waals surface area contributed by atoms with E-state index in [4.69, 9.17) is 9.47 Å². The van der Waals surface area contributed by atoms with Crippen molar-refractivity contribution in [2.75, 3.05) is 13.2 Å². The van der Waals surface area contributed by atoms with Gasteiger partial charge in [-0.05, 0) is 32.0 Å². The van der Waals surface area contributed by atoms with E-state index in [1.165, 1.54) is 12.1 Å². The van der Waals surface area contributed by atoms with Gasteiger partial charge in [0.1, 0.15) is 11.1 Å². The van der Waals surface area contributed by atoms with Crippen LogP contribution >= 0.6 is 0 Å². The standard InChI is InChI=1S/C20H17NO5/c1-3-25-19(23)14-10-13-12-8-6-5-7-9-16(12)21-17(13)11-15(18(14)22)20(24)26-4-2/h5-11H,3-4H2,1-2H3. The van der Waals surface area contributed by atoms with E-state index in [-0.39, 0.29) is 24.3 Å². The van der Waals surface area contributed by atoms with Gasteiger partial charge in [-0.15, -0.1) is 0 Å². The number of nitrogens with zero attached hydrogens (tertiary/aromatic N) is 1. The average molecular weight is 351 g/mol. The van der Waals surface area contributed by atoms with Gasteiger partial charge in [-0.1, -0.05) is 24.3 Å². The Labute approximate surface area is 149 Å². The maximum atomic E-state index is 12.8. The van der Waals surface area contributed by atoms with E-state index < -0.39 is 17.4 Å². The molecule has 0 fully saturated rings. The van der Waals surface area contributed by atoms with Crippen molar-refractivity contribution >= 4 is 22.8 Å². The van der Waals surface area contributed by atoms with Crippen LogP contribution in [0.2, 0.25) is 0 Å². The van der Waals surface area contributed by atoms with Crippen molar-refractivity contribution < 1.29 is 19.1 Å². The zero-order chi connectivity index (χ0) is 18.7. The normalized spacial score (nSPS) is 10.7. The van der Waals surface area contributed by atoms with Gasteiger partial charge in [0.25, 0.3) is 0 Å². The Kier molecular flexibility index (Phi) is 4.93. The second-order valence-electron chi connectivity index (χ2n) is 5.51. The molecule has 2 aliphatic rings. The Morgan fingerprint density at radius 1 is 0.923 bits per heavy atom. The van der Waals surface area contributed by atoms with Crippen molar-refractivity contribution in [3.05, 3.63) is 63.8 Å². The topological polar surface area (TPSA) is 82.6 Å². The number of hydrogen-bond acceptors (Lipinski definition) is 6. The van der Waals surface area contributed by atoms with Crippen LogP contribution in [0.25, 0.3) is 22.2 Å². The Morgan fingerprint density at radius 3 is 2.19 bits per heavy atom. The highest BCUT2D eigenvalue weighted by Crippen LogP contribution is 2.30. The van der Waals surface area contributed by atoms with Crippen LogP contribution in [0.3, 0.4) is 0 Å². The maximum absolute atomic E-state index is 12.8. The van der Waals surface area contributed by atoms with E-state index in [0.29, 0.717) is 16.6 Å². The van der Waals surface area contributed by atoms with Crippen molar-refractivity contribution in [2.24, 2.45) is 0 Å². The van der Waals surface area contributed by atoms with Gasteiger partial charge in [-0.25, -0.2) is 14.6 Å². The van der Waals surface area contributed by atoms with Crippen molar-refractivity contribution in [3.8, 4) is 11.3 Å². The van der Waals surface area contributed by atoms with Crippen LogP contribution < -0.4 is 5.43 Å². The van der Waals surface area contributed by atoms with Crippen LogP contribution in [0.1, 0.15) is 34.6 Å². The Morgan fingerprint density at radius 2 is 1.54 bits per heavy atom. The van der Waals surface area contributed by atoms with E-state index in [1.807, 2.05) is 30.3 Å². The van der Waals surface area contributed by atoms with Crippen LogP contribution in [0.4, 0.5) is 0 Å². The van der Waals surface area contributed by atoms with E-state index in [0.717, 1.165) is 5.56 Å². The van der Waals surface area contributed by atoms with Crippen molar-refractivity contribution in [1.82, 2.24) is 4.98 Å². The first-order valence-electron chi connectivity index (χ1n) is 8.27. The smallest absolute Gasteiger partial charge is 0.342 e. The van der Waals surface area contributed by atoms with Gasteiger partial charge in [0.15, 0.2) is 0 Å². The summed E-state index contributed by atoms with van der Waals surface area (Å²) in [5.74, 6) is -1.58. The largest absolute Gasteiger partial charge is 0.462 e. The molecule has 0 N–H and O–H groups in total. The van der Waals surface area contributed by atoms with E-state index in [2.05, 4.69) is 4.98 Å². The molecule has 26 heavy (non-hydrogen) atoms. The number of carbonyl (C=O) groups is 2. The van der Waals surface area contributed by atoms with Crippen LogP contribution in [0.15, 0.2) is 47.3 Å². The zero-order valence-corrected chi connectivity index (χ0v) is 14.4. The third-order valence-electron chi connectivity index (χ3n) is 3.87. The molecule has 0 unspecified atom stereocenters. The lowest BCUT2D eigenvalue weighted by Gasteiger charge is -2.01. The predicted molar refractivity (Wildman–Crippen MR) is 96.5 cm³/mol. The first kappa shape index (κ1) is 17.5. The Balaban J connectivity index is 2.41. The number of fused-ring (bicyclic) bond motifs is 3. The average Bonchev–Trinajstić information content (AvgIpc) is 2.76. The molecule has 0 atom stereocenters. The molecule has 1 heterocycles. The van der Waals surface area contributed by atoms with E-state index in [1.54, 1.807) is 13.8 Å². The highest BCUT2D eigenvalue weighted by atomic mass is 16.5. The summed E-state index contributed by atoms with van der Waals surface area (Å²) >= 11 is 0. The molecule has 0 radical (unpaired) electrons. The molecule has 6 heteroatoms. The monoisotopic (exact) mass is 351 g/mol. The lowest BCUT2D eigenvalue weighted by Crippen LogP contribution is -2.22. The summed E-state index contributed by atoms with van der Waals surface area (Å²) in [5.41, 5.74) is 0.701. The first-order chi connectivity index (χ1) is 12.6. The van der Waals surface area contributed by atoms with E-state index >= 15 is 0 Å². The molecule has 0 aromatic heterocycles. The van der Waals surface area contributed by atoms with E-state index in [9.17, 15) is 14.4 Å². The third kappa shape index (κ3) is 3.13. The highest BCUT2D eigenvalue weighted by Gasteiger charge is 2.22. The molecule has 0 bridgehead atoms. The molecule has 1 aliphatic heterocycles. The van der Waals surface area contributed by atoms with Crippen molar-refractivity contribution in [3.63, 3.8) is 0 Å². The molecule has 1 aromatic carbocycles. The minimum atomic E-state index is -0.793. The molecular weight excluding hydrogens is 334 g/mol. The molecular formula is C20H17NO5. The summed E-state index contributed by atoms with van der Waals surface area (Å²) in [5, 5.41) is 0.590. The predicted octanol–water partition coefficient (Wildman–Crippen LogP) is 3.05. The highest BCUT2D eigenvalue weighted by molar-refractivity contribution is 6.04. The fourth-order valence-electron chi connectivity index (χ4n) is 2.73. The van der Waals surface area contributed by atoms with Gasteiger partial charge in [-0.2, -0.15) is 0 Å². The lowest BCUT2D eigenvalue weighted by molar-refractivity contribution is 0.0523. The fourth-order valence-corrected chi connectivity index (χ4v) is 2.73. The first-order valence-corrected chi connectivity index (χ1v) is 8.27. The minimum Gasteiger partial charge on any atom is -0.462 e. The molecule has 0 saturated carbocycles. The number of esters is 2. The van der Waals surface area contributed by atoms with Crippen LogP contribution in [-0.2, 0) is 9.47 Å². The third-order valence-corrected chi connectivity index (χ3v) is 3.87. The zero-order valence-electron chi connectivity index (χ0n) is 14.4. The van der Waals surface area contributed by atoms with Crippen LogP contribution in [-0.4, -0.2) is 30.1 Å². The van der Waals surface area contributed by atoms with Gasteiger partial charge in [-0.3, -0.25) is 4.79 Å². The van der Waals surface area contributed by atoms with Gasteiger partial charge in [0.05, 0.1) is 24.4 Å². The molecule has 0 spiro atoms. The summed E-state index contributed by atoms with van der Waals surface area (Å²) in [6, 6.07) is 12.0. The summed E-state index contributed by atoms with van der Waals surface area (Å²) in [6.45, 7) is 3.51. The van der Waals surface area contributed by atoms with Crippen LogP contribution in [0.5, 0.6) is 0 Å². The second kappa shape index (κ2) is 7.31. The fraction of sp³-hybridized carbons (Fsp3) is 0.200. The van der Waals surface area contributed by atoms with Crippen molar-refractivity contribution in [2.45, 2.75) is 13.8 Å². The Bertz CT molecular complexity index is 1030. The minimum absolute atomic E-state index is 0.112. The summed E-state index contributed by atoms with van der Waals surface area (Å²) in [4.78, 5) is 41.8. The number of carbonyl (C=O) groups excluding carboxylic acids is 2. The SMILES string of the molecule is CCOC(=O)c1cc2nc3cccccc-3c2cc(C(=O)OCC)c1=O. The molecule has 0 saturated heterocycles. The van der Waals surface area contributed by atoms with Crippen LogP contribution in [0, 0.1) is 0 Å². The quantitative estimate of drug-likeness (QED) is 0.672. The number of rotatable bonds is 4. The summed E-state index contributed by atoms with van der Waals surface area (Å²) < 4.78 is 9.95.